The molecule has 0 saturated carbocycles. The van der Waals surface area contributed by atoms with E-state index in [-0.39, 0.29) is 30.5 Å². The summed E-state index contributed by atoms with van der Waals surface area (Å²) >= 11 is 2.66. The molecule has 2 heterocycles. The maximum absolute atomic E-state index is 12.1. The predicted molar refractivity (Wildman–Crippen MR) is 93.8 cm³/mol. The van der Waals surface area contributed by atoms with Crippen molar-refractivity contribution < 1.29 is 9.90 Å². The number of aromatic nitrogens is 3. The van der Waals surface area contributed by atoms with Crippen LogP contribution in [0.15, 0.2) is 15.2 Å². The number of carbonyl (C=O) groups is 1. The zero-order valence-corrected chi connectivity index (χ0v) is 14.9. The lowest BCUT2D eigenvalue weighted by Gasteiger charge is -2.12. The number of hydrogen-bond acceptors (Lipinski definition) is 7. The number of nitrogens with zero attached hydrogens (tertiary/aromatic N) is 3. The first kappa shape index (κ1) is 17.1. The molecule has 9 heteroatoms. The molecule has 0 saturated heterocycles. The fourth-order valence-electron chi connectivity index (χ4n) is 2.74. The third-order valence-corrected chi connectivity index (χ3v) is 5.62. The second-order valence-electron chi connectivity index (χ2n) is 5.48. The minimum absolute atomic E-state index is 0.0872. The van der Waals surface area contributed by atoms with Crippen LogP contribution in [0.3, 0.4) is 0 Å². The first-order valence-electron chi connectivity index (χ1n) is 7.66. The Morgan fingerprint density at radius 1 is 1.46 bits per heavy atom. The average molecular weight is 366 g/mol. The predicted octanol–water partition coefficient (Wildman–Crippen LogP) is 1.22. The van der Waals surface area contributed by atoms with Crippen LogP contribution >= 0.6 is 23.1 Å². The van der Waals surface area contributed by atoms with E-state index in [0.717, 1.165) is 36.2 Å². The summed E-state index contributed by atoms with van der Waals surface area (Å²) in [4.78, 5) is 32.5. The SMILES string of the molecule is Cc1csc(NC(=O)CSc2nc(=O)n(CCO)c3c2CCC3)n1. The first-order valence-corrected chi connectivity index (χ1v) is 9.53. The maximum atomic E-state index is 12.1. The number of aliphatic hydroxyl groups is 1. The first-order chi connectivity index (χ1) is 11.6. The molecule has 1 aliphatic rings. The highest BCUT2D eigenvalue weighted by atomic mass is 32.2. The average Bonchev–Trinajstić information content (AvgIpc) is 3.17. The minimum Gasteiger partial charge on any atom is -0.395 e. The van der Waals surface area contributed by atoms with Gasteiger partial charge >= 0.3 is 5.69 Å². The largest absolute Gasteiger partial charge is 0.395 e. The number of anilines is 1. The van der Waals surface area contributed by atoms with E-state index in [9.17, 15) is 9.59 Å². The van der Waals surface area contributed by atoms with Gasteiger partial charge < -0.3 is 10.4 Å². The summed E-state index contributed by atoms with van der Waals surface area (Å²) in [7, 11) is 0. The molecule has 0 atom stereocenters. The molecule has 0 spiro atoms. The van der Waals surface area contributed by atoms with Crippen LogP contribution in [0.25, 0.3) is 0 Å². The lowest BCUT2D eigenvalue weighted by molar-refractivity contribution is -0.113. The lowest BCUT2D eigenvalue weighted by atomic mass is 10.2. The van der Waals surface area contributed by atoms with Crippen LogP contribution < -0.4 is 11.0 Å². The summed E-state index contributed by atoms with van der Waals surface area (Å²) in [5.41, 5.74) is 2.49. The fourth-order valence-corrected chi connectivity index (χ4v) is 4.32. The van der Waals surface area contributed by atoms with E-state index in [4.69, 9.17) is 5.11 Å². The number of hydrogen-bond donors (Lipinski definition) is 2. The molecule has 1 aliphatic carbocycles. The fraction of sp³-hybridized carbons (Fsp3) is 0.467. The smallest absolute Gasteiger partial charge is 0.348 e. The van der Waals surface area contributed by atoms with Gasteiger partial charge in [0.25, 0.3) is 0 Å². The molecular formula is C15H18N4O3S2. The molecule has 0 aliphatic heterocycles. The summed E-state index contributed by atoms with van der Waals surface area (Å²) in [6.45, 7) is 2.05. The third kappa shape index (κ3) is 3.68. The highest BCUT2D eigenvalue weighted by Crippen LogP contribution is 2.29. The Morgan fingerprint density at radius 3 is 3.00 bits per heavy atom. The topological polar surface area (TPSA) is 97.1 Å². The molecule has 0 unspecified atom stereocenters. The van der Waals surface area contributed by atoms with Gasteiger partial charge in [-0.2, -0.15) is 4.98 Å². The van der Waals surface area contributed by atoms with Crippen molar-refractivity contribution in [3.63, 3.8) is 0 Å². The Hall–Kier alpha value is -1.71. The van der Waals surface area contributed by atoms with Gasteiger partial charge in [0, 0.05) is 16.6 Å². The van der Waals surface area contributed by atoms with Gasteiger partial charge in [-0.1, -0.05) is 11.8 Å². The molecule has 1 amide bonds. The molecule has 24 heavy (non-hydrogen) atoms. The van der Waals surface area contributed by atoms with Gasteiger partial charge in [-0.05, 0) is 26.2 Å². The summed E-state index contributed by atoms with van der Waals surface area (Å²) in [5.74, 6) is 0.0177. The van der Waals surface area contributed by atoms with E-state index >= 15 is 0 Å². The number of fused-ring (bicyclic) bond motifs is 1. The molecule has 2 aromatic rings. The number of aryl methyl sites for hydroxylation is 1. The monoisotopic (exact) mass is 366 g/mol. The number of nitrogens with one attached hydrogen (secondary N) is 1. The summed E-state index contributed by atoms with van der Waals surface area (Å²) in [5, 5.41) is 14.9. The summed E-state index contributed by atoms with van der Waals surface area (Å²) in [6, 6.07) is 0. The second-order valence-corrected chi connectivity index (χ2v) is 7.31. The summed E-state index contributed by atoms with van der Waals surface area (Å²) in [6.07, 6.45) is 2.62. The van der Waals surface area contributed by atoms with E-state index in [1.807, 2.05) is 12.3 Å². The van der Waals surface area contributed by atoms with Gasteiger partial charge in [0.1, 0.15) is 5.03 Å². The van der Waals surface area contributed by atoms with E-state index in [2.05, 4.69) is 15.3 Å². The van der Waals surface area contributed by atoms with Crippen molar-refractivity contribution in [3.05, 3.63) is 32.8 Å². The van der Waals surface area contributed by atoms with Crippen LogP contribution in [-0.2, 0) is 24.2 Å². The maximum Gasteiger partial charge on any atom is 0.348 e. The number of amides is 1. The molecule has 2 aromatic heterocycles. The van der Waals surface area contributed by atoms with E-state index in [0.29, 0.717) is 10.2 Å². The number of rotatable bonds is 6. The van der Waals surface area contributed by atoms with Gasteiger partial charge in [0.05, 0.1) is 24.6 Å². The van der Waals surface area contributed by atoms with Crippen molar-refractivity contribution >= 4 is 34.1 Å². The van der Waals surface area contributed by atoms with Crippen LogP contribution in [0.5, 0.6) is 0 Å². The Bertz CT molecular complexity index is 816. The number of thiazole rings is 1. The van der Waals surface area contributed by atoms with Crippen LogP contribution in [0, 0.1) is 6.92 Å². The van der Waals surface area contributed by atoms with Crippen LogP contribution in [0.1, 0.15) is 23.4 Å². The molecule has 7 nitrogen and oxygen atoms in total. The molecule has 0 bridgehead atoms. The van der Waals surface area contributed by atoms with E-state index in [1.165, 1.54) is 23.1 Å². The number of thioether (sulfide) groups is 1. The number of aliphatic hydroxyl groups excluding tert-OH is 1. The minimum atomic E-state index is -0.358. The molecule has 0 radical (unpaired) electrons. The highest BCUT2D eigenvalue weighted by molar-refractivity contribution is 8.00. The van der Waals surface area contributed by atoms with E-state index in [1.54, 1.807) is 4.57 Å². The van der Waals surface area contributed by atoms with Crippen molar-refractivity contribution in [2.45, 2.75) is 37.8 Å². The van der Waals surface area contributed by atoms with Crippen molar-refractivity contribution in [2.75, 3.05) is 17.7 Å². The van der Waals surface area contributed by atoms with Gasteiger partial charge in [-0.3, -0.25) is 9.36 Å². The number of carbonyl (C=O) groups excluding carboxylic acids is 1. The zero-order valence-electron chi connectivity index (χ0n) is 13.2. The Morgan fingerprint density at radius 2 is 2.29 bits per heavy atom. The molecule has 0 aromatic carbocycles. The quantitative estimate of drug-likeness (QED) is 0.589. The third-order valence-electron chi connectivity index (χ3n) is 3.73. The van der Waals surface area contributed by atoms with Gasteiger partial charge in [-0.25, -0.2) is 9.78 Å². The van der Waals surface area contributed by atoms with Gasteiger partial charge in [0.15, 0.2) is 5.13 Å². The molecular weight excluding hydrogens is 348 g/mol. The normalized spacial score (nSPS) is 13.1. The van der Waals surface area contributed by atoms with Crippen LogP contribution in [0.4, 0.5) is 5.13 Å². The Labute approximate surface area is 147 Å². The molecule has 128 valence electrons. The zero-order chi connectivity index (χ0) is 17.1. The van der Waals surface area contributed by atoms with E-state index < -0.39 is 0 Å². The van der Waals surface area contributed by atoms with Gasteiger partial charge in [-0.15, -0.1) is 11.3 Å². The standard InChI is InChI=1S/C15H18N4O3S2/c1-9-7-24-14(16-9)17-12(21)8-23-13-10-3-2-4-11(10)19(5-6-20)15(22)18-13/h7,20H,2-6,8H2,1H3,(H,16,17,21). The Kier molecular flexibility index (Phi) is 5.32. The molecule has 0 fully saturated rings. The van der Waals surface area contributed by atoms with Crippen LogP contribution in [0.2, 0.25) is 0 Å². The van der Waals surface area contributed by atoms with Crippen molar-refractivity contribution in [3.8, 4) is 0 Å². The second kappa shape index (κ2) is 7.45. The van der Waals surface area contributed by atoms with Crippen LogP contribution in [-0.4, -0.2) is 37.9 Å². The van der Waals surface area contributed by atoms with Crippen molar-refractivity contribution in [2.24, 2.45) is 0 Å². The molecule has 2 N–H and O–H groups in total. The van der Waals surface area contributed by atoms with Gasteiger partial charge in [0.2, 0.25) is 5.91 Å². The lowest BCUT2D eigenvalue weighted by Crippen LogP contribution is -2.28. The van der Waals surface area contributed by atoms with Crippen molar-refractivity contribution in [1.82, 2.24) is 14.5 Å². The van der Waals surface area contributed by atoms with Crippen molar-refractivity contribution in [1.29, 1.82) is 0 Å². The summed E-state index contributed by atoms with van der Waals surface area (Å²) < 4.78 is 1.55. The highest BCUT2D eigenvalue weighted by Gasteiger charge is 2.22. The Balaban J connectivity index is 1.71. The molecule has 3 rings (SSSR count).